The first-order valence-electron chi connectivity index (χ1n) is 9.78. The maximum Gasteiger partial charge on any atom is 0.409 e. The second-order valence-electron chi connectivity index (χ2n) is 7.16. The number of H-pyrrole nitrogens is 1. The molecule has 0 saturated carbocycles. The van der Waals surface area contributed by atoms with E-state index in [1.54, 1.807) is 24.3 Å². The molecule has 0 spiro atoms. The van der Waals surface area contributed by atoms with Gasteiger partial charge in [-0.3, -0.25) is 19.6 Å². The van der Waals surface area contributed by atoms with E-state index in [1.165, 1.54) is 18.2 Å². The molecule has 1 aromatic carbocycles. The van der Waals surface area contributed by atoms with Gasteiger partial charge in [0.25, 0.3) is 0 Å². The van der Waals surface area contributed by atoms with E-state index < -0.39 is 30.5 Å². The highest BCUT2D eigenvalue weighted by Crippen LogP contribution is 2.38. The number of anilines is 2. The lowest BCUT2D eigenvalue weighted by Gasteiger charge is -2.31. The number of furan rings is 1. The van der Waals surface area contributed by atoms with Gasteiger partial charge in [-0.1, -0.05) is 23.9 Å². The zero-order chi connectivity index (χ0) is 23.6. The minimum atomic E-state index is -4.79. The van der Waals surface area contributed by atoms with Crippen LogP contribution in [0.2, 0.25) is 0 Å². The van der Waals surface area contributed by atoms with Crippen LogP contribution in [0.4, 0.5) is 24.5 Å². The first-order chi connectivity index (χ1) is 15.7. The van der Waals surface area contributed by atoms with E-state index in [0.29, 0.717) is 16.5 Å². The summed E-state index contributed by atoms with van der Waals surface area (Å²) in [5.41, 5.74) is 0.134. The second kappa shape index (κ2) is 9.14. The Balaban J connectivity index is 1.50. The van der Waals surface area contributed by atoms with Crippen molar-refractivity contribution in [2.75, 3.05) is 16.0 Å². The predicted octanol–water partition coefficient (Wildman–Crippen LogP) is 4.27. The molecular formula is C21H18F3N5O3S. The van der Waals surface area contributed by atoms with E-state index in [9.17, 15) is 22.8 Å². The number of para-hydroxylation sites is 2. The molecule has 1 atom stereocenters. The van der Waals surface area contributed by atoms with E-state index in [0.717, 1.165) is 17.5 Å². The van der Waals surface area contributed by atoms with E-state index in [2.05, 4.69) is 20.5 Å². The number of nitrogens with zero attached hydrogens (tertiary/aromatic N) is 3. The van der Waals surface area contributed by atoms with Gasteiger partial charge in [0.15, 0.2) is 0 Å². The molecule has 0 bridgehead atoms. The third-order valence-corrected chi connectivity index (χ3v) is 5.58. The lowest BCUT2D eigenvalue weighted by molar-refractivity contribution is -0.157. The Bertz CT molecular complexity index is 1200. The van der Waals surface area contributed by atoms with E-state index in [1.807, 2.05) is 13.0 Å². The number of aromatic amines is 1. The summed E-state index contributed by atoms with van der Waals surface area (Å²) in [4.78, 5) is 29.8. The monoisotopic (exact) mass is 477 g/mol. The first kappa shape index (κ1) is 22.6. The van der Waals surface area contributed by atoms with Crippen molar-refractivity contribution >= 4 is 47.1 Å². The van der Waals surface area contributed by atoms with Gasteiger partial charge >= 0.3 is 6.18 Å². The van der Waals surface area contributed by atoms with Crippen molar-refractivity contribution in [3.05, 3.63) is 53.7 Å². The number of halogens is 3. The molecular weight excluding hydrogens is 459 g/mol. The third-order valence-electron chi connectivity index (χ3n) is 4.75. The van der Waals surface area contributed by atoms with Gasteiger partial charge in [0.1, 0.15) is 23.4 Å². The zero-order valence-corrected chi connectivity index (χ0v) is 18.0. The van der Waals surface area contributed by atoms with Gasteiger partial charge in [-0.05, 0) is 43.3 Å². The molecule has 1 aliphatic heterocycles. The van der Waals surface area contributed by atoms with E-state index in [-0.39, 0.29) is 22.3 Å². The summed E-state index contributed by atoms with van der Waals surface area (Å²) >= 11 is 0.889. The van der Waals surface area contributed by atoms with Crippen LogP contribution in [0.5, 0.6) is 0 Å². The summed E-state index contributed by atoms with van der Waals surface area (Å²) in [5.74, 6) is -0.222. The standard InChI is InChI=1S/C21H18F3N5O3S/c1-12-6-7-13(32-12)8-9-17-26-20(28-27-17)33-11-19(31)29-15-5-3-2-4-14(15)25-18(30)10-16(29)21(22,23)24/h2-9,16H,10-11H2,1H3,(H,25,30)(H,26,27,28)/b9-8+. The van der Waals surface area contributed by atoms with E-state index >= 15 is 0 Å². The second-order valence-corrected chi connectivity index (χ2v) is 8.11. The molecule has 2 aromatic heterocycles. The molecule has 1 unspecified atom stereocenters. The first-order valence-corrected chi connectivity index (χ1v) is 10.8. The normalized spacial score (nSPS) is 16.5. The van der Waals surface area contributed by atoms with Gasteiger partial charge in [0.05, 0.1) is 23.5 Å². The molecule has 0 aliphatic carbocycles. The van der Waals surface area contributed by atoms with Crippen molar-refractivity contribution in [2.24, 2.45) is 0 Å². The Morgan fingerprint density at radius 1 is 1.27 bits per heavy atom. The average Bonchev–Trinajstić information content (AvgIpc) is 3.35. The zero-order valence-electron chi connectivity index (χ0n) is 17.2. The minimum Gasteiger partial charge on any atom is -0.462 e. The van der Waals surface area contributed by atoms with Gasteiger partial charge < -0.3 is 9.73 Å². The number of carbonyl (C=O) groups is 2. The number of hydrogen-bond donors (Lipinski definition) is 2. The maximum atomic E-state index is 13.8. The number of aryl methyl sites for hydroxylation is 1. The van der Waals surface area contributed by atoms with Gasteiger partial charge in [-0.2, -0.15) is 13.2 Å². The molecule has 0 radical (unpaired) electrons. The van der Waals surface area contributed by atoms with Crippen molar-refractivity contribution in [1.29, 1.82) is 0 Å². The number of amides is 2. The third kappa shape index (κ3) is 5.28. The van der Waals surface area contributed by atoms with Crippen LogP contribution in [0.3, 0.4) is 0 Å². The summed E-state index contributed by atoms with van der Waals surface area (Å²) in [6, 6.07) is 7.21. The fourth-order valence-corrected chi connectivity index (χ4v) is 3.96. The summed E-state index contributed by atoms with van der Waals surface area (Å²) in [6.07, 6.45) is -2.38. The molecule has 172 valence electrons. The molecule has 4 rings (SSSR count). The SMILES string of the molecule is Cc1ccc(/C=C/c2nc(SCC(=O)N3c4ccccc4NC(=O)CC3C(F)(F)F)n[nH]2)o1. The molecule has 3 heterocycles. The van der Waals surface area contributed by atoms with Crippen LogP contribution in [0.1, 0.15) is 23.8 Å². The van der Waals surface area contributed by atoms with Gasteiger partial charge in [0.2, 0.25) is 17.0 Å². The van der Waals surface area contributed by atoms with Gasteiger partial charge in [-0.15, -0.1) is 5.10 Å². The molecule has 0 saturated heterocycles. The van der Waals surface area contributed by atoms with Crippen molar-refractivity contribution in [1.82, 2.24) is 15.2 Å². The Hall–Kier alpha value is -3.54. The number of thioether (sulfide) groups is 1. The number of aromatic nitrogens is 3. The Morgan fingerprint density at radius 3 is 2.79 bits per heavy atom. The fraction of sp³-hybridized carbons (Fsp3) is 0.238. The smallest absolute Gasteiger partial charge is 0.409 e. The summed E-state index contributed by atoms with van der Waals surface area (Å²) in [5, 5.41) is 9.28. The lowest BCUT2D eigenvalue weighted by Crippen LogP contribution is -2.50. The molecule has 2 amide bonds. The molecule has 2 N–H and O–H groups in total. The number of alkyl halides is 3. The van der Waals surface area contributed by atoms with Crippen LogP contribution in [0.15, 0.2) is 46.0 Å². The number of nitrogens with one attached hydrogen (secondary N) is 2. The largest absolute Gasteiger partial charge is 0.462 e. The maximum absolute atomic E-state index is 13.8. The predicted molar refractivity (Wildman–Crippen MR) is 116 cm³/mol. The van der Waals surface area contributed by atoms with Gasteiger partial charge in [0, 0.05) is 0 Å². The highest BCUT2D eigenvalue weighted by atomic mass is 32.2. The van der Waals surface area contributed by atoms with Crippen LogP contribution in [0, 0.1) is 6.92 Å². The summed E-state index contributed by atoms with van der Waals surface area (Å²) in [6.45, 7) is 1.82. The van der Waals surface area contributed by atoms with Crippen molar-refractivity contribution in [2.45, 2.75) is 30.7 Å². The van der Waals surface area contributed by atoms with Crippen molar-refractivity contribution in [3.8, 4) is 0 Å². The molecule has 3 aromatic rings. The Kier molecular flexibility index (Phi) is 6.27. The number of rotatable bonds is 5. The van der Waals surface area contributed by atoms with Crippen molar-refractivity contribution < 1.29 is 27.2 Å². The summed E-state index contributed by atoms with van der Waals surface area (Å²) in [7, 11) is 0. The lowest BCUT2D eigenvalue weighted by atomic mass is 10.1. The van der Waals surface area contributed by atoms with Gasteiger partial charge in [-0.25, -0.2) is 4.98 Å². The van der Waals surface area contributed by atoms with Crippen LogP contribution in [0.25, 0.3) is 12.2 Å². The highest BCUT2D eigenvalue weighted by Gasteiger charge is 2.48. The molecule has 8 nitrogen and oxygen atoms in total. The molecule has 1 aliphatic rings. The molecule has 33 heavy (non-hydrogen) atoms. The quantitative estimate of drug-likeness (QED) is 0.532. The molecule has 12 heteroatoms. The molecule has 0 fully saturated rings. The van der Waals surface area contributed by atoms with Crippen LogP contribution < -0.4 is 10.2 Å². The van der Waals surface area contributed by atoms with Crippen LogP contribution in [-0.2, 0) is 9.59 Å². The van der Waals surface area contributed by atoms with Crippen LogP contribution in [-0.4, -0.2) is 45.0 Å². The number of benzene rings is 1. The summed E-state index contributed by atoms with van der Waals surface area (Å²) < 4.78 is 46.7. The highest BCUT2D eigenvalue weighted by molar-refractivity contribution is 7.99. The van der Waals surface area contributed by atoms with Crippen LogP contribution >= 0.6 is 11.8 Å². The van der Waals surface area contributed by atoms with E-state index in [4.69, 9.17) is 4.42 Å². The topological polar surface area (TPSA) is 104 Å². The average molecular weight is 477 g/mol. The fourth-order valence-electron chi connectivity index (χ4n) is 3.29. The Labute approximate surface area is 190 Å². The number of carbonyl (C=O) groups excluding carboxylic acids is 2. The number of hydrogen-bond acceptors (Lipinski definition) is 6. The van der Waals surface area contributed by atoms with Crippen molar-refractivity contribution in [3.63, 3.8) is 0 Å². The number of fused-ring (bicyclic) bond motifs is 1. The minimum absolute atomic E-state index is 0.0105. The Morgan fingerprint density at radius 2 is 2.06 bits per heavy atom.